The second-order valence-corrected chi connectivity index (χ2v) is 2.66. The van der Waals surface area contributed by atoms with Gasteiger partial charge in [-0.25, -0.2) is 4.79 Å². The highest BCUT2D eigenvalue weighted by Gasteiger charge is 2.34. The summed E-state index contributed by atoms with van der Waals surface area (Å²) in [7, 11) is 0. The van der Waals surface area contributed by atoms with Gasteiger partial charge in [-0.3, -0.25) is 5.32 Å². The van der Waals surface area contributed by atoms with Crippen LogP contribution in [-0.2, 0) is 4.79 Å². The first-order chi connectivity index (χ1) is 4.65. The number of nitrogens with one attached hydrogen (secondary N) is 1. The van der Waals surface area contributed by atoms with Crippen LogP contribution < -0.4 is 11.1 Å². The van der Waals surface area contributed by atoms with Crippen molar-refractivity contribution in [2.75, 3.05) is 6.54 Å². The molecule has 0 unspecified atom stereocenters. The van der Waals surface area contributed by atoms with Crippen LogP contribution in [0.15, 0.2) is 0 Å². The van der Waals surface area contributed by atoms with Gasteiger partial charge in [0.15, 0.2) is 5.66 Å². The number of hydrogen-bond donors (Lipinski definition) is 3. The Morgan fingerprint density at radius 1 is 1.60 bits per heavy atom. The lowest BCUT2D eigenvalue weighted by atomic mass is 9.99. The molecule has 1 aliphatic rings. The number of carboxylic acids is 1. The van der Waals surface area contributed by atoms with Crippen molar-refractivity contribution in [1.82, 2.24) is 5.32 Å². The summed E-state index contributed by atoms with van der Waals surface area (Å²) >= 11 is 0. The third kappa shape index (κ3) is 1.27. The molecule has 4 heteroatoms. The van der Waals surface area contributed by atoms with E-state index in [1.807, 2.05) is 0 Å². The van der Waals surface area contributed by atoms with Gasteiger partial charge in [0.05, 0.1) is 0 Å². The van der Waals surface area contributed by atoms with Gasteiger partial charge >= 0.3 is 5.97 Å². The predicted molar refractivity (Wildman–Crippen MR) is 36.4 cm³/mol. The maximum absolute atomic E-state index is 10.5. The zero-order valence-corrected chi connectivity index (χ0v) is 5.76. The maximum atomic E-state index is 10.5. The molecule has 0 aromatic heterocycles. The molecule has 1 rings (SSSR count). The van der Waals surface area contributed by atoms with E-state index in [1.165, 1.54) is 0 Å². The van der Waals surface area contributed by atoms with Gasteiger partial charge in [0.1, 0.15) is 0 Å². The molecule has 4 N–H and O–H groups in total. The van der Waals surface area contributed by atoms with E-state index in [2.05, 4.69) is 5.32 Å². The fourth-order valence-electron chi connectivity index (χ4n) is 1.11. The van der Waals surface area contributed by atoms with Crippen molar-refractivity contribution in [1.29, 1.82) is 0 Å². The molecule has 1 saturated heterocycles. The van der Waals surface area contributed by atoms with E-state index in [9.17, 15) is 4.79 Å². The lowest BCUT2D eigenvalue weighted by Gasteiger charge is -2.29. The summed E-state index contributed by atoms with van der Waals surface area (Å²) < 4.78 is 0. The average Bonchev–Trinajstić information content (AvgIpc) is 1.89. The fourth-order valence-corrected chi connectivity index (χ4v) is 1.11. The fraction of sp³-hybridized carbons (Fsp3) is 0.833. The number of carbonyl (C=O) groups is 1. The highest BCUT2D eigenvalue weighted by Crippen LogP contribution is 2.13. The first-order valence-electron chi connectivity index (χ1n) is 3.42. The third-order valence-corrected chi connectivity index (χ3v) is 1.82. The van der Waals surface area contributed by atoms with Crippen LogP contribution in [0.25, 0.3) is 0 Å². The number of hydrogen-bond acceptors (Lipinski definition) is 3. The van der Waals surface area contributed by atoms with E-state index in [4.69, 9.17) is 10.8 Å². The Balaban J connectivity index is 2.56. The highest BCUT2D eigenvalue weighted by molar-refractivity contribution is 5.77. The molecule has 0 spiro atoms. The van der Waals surface area contributed by atoms with Crippen molar-refractivity contribution in [3.63, 3.8) is 0 Å². The van der Waals surface area contributed by atoms with Crippen molar-refractivity contribution in [2.24, 2.45) is 5.73 Å². The summed E-state index contributed by atoms with van der Waals surface area (Å²) in [6, 6.07) is 0. The van der Waals surface area contributed by atoms with E-state index in [0.717, 1.165) is 12.8 Å². The number of carboxylic acid groups (broad SMARTS) is 1. The van der Waals surface area contributed by atoms with Crippen molar-refractivity contribution in [2.45, 2.75) is 24.9 Å². The van der Waals surface area contributed by atoms with E-state index in [1.54, 1.807) is 0 Å². The number of nitrogens with two attached hydrogens (primary N) is 1. The smallest absolute Gasteiger partial charge is 0.338 e. The summed E-state index contributed by atoms with van der Waals surface area (Å²) in [5, 5.41) is 11.4. The van der Waals surface area contributed by atoms with Gasteiger partial charge in [-0.15, -0.1) is 0 Å². The Labute approximate surface area is 59.4 Å². The van der Waals surface area contributed by atoms with Crippen LogP contribution in [0.3, 0.4) is 0 Å². The van der Waals surface area contributed by atoms with Crippen LogP contribution in [-0.4, -0.2) is 23.3 Å². The Hall–Kier alpha value is -0.610. The van der Waals surface area contributed by atoms with Gasteiger partial charge in [0.2, 0.25) is 0 Å². The lowest BCUT2D eigenvalue weighted by Crippen LogP contribution is -2.61. The third-order valence-electron chi connectivity index (χ3n) is 1.82. The molecule has 0 aromatic carbocycles. The molecule has 0 amide bonds. The number of piperidine rings is 1. The van der Waals surface area contributed by atoms with Gasteiger partial charge in [-0.1, -0.05) is 0 Å². The molecule has 1 fully saturated rings. The summed E-state index contributed by atoms with van der Waals surface area (Å²) in [5.41, 5.74) is 4.34. The normalized spacial score (nSPS) is 33.7. The zero-order valence-electron chi connectivity index (χ0n) is 5.76. The minimum absolute atomic E-state index is 0.530. The SMILES string of the molecule is N[C@@]1(C(=O)O)CCCCN1. The summed E-state index contributed by atoms with van der Waals surface area (Å²) in [5.74, 6) is -0.952. The van der Waals surface area contributed by atoms with Crippen LogP contribution in [0.5, 0.6) is 0 Å². The van der Waals surface area contributed by atoms with E-state index in [-0.39, 0.29) is 0 Å². The van der Waals surface area contributed by atoms with E-state index < -0.39 is 11.6 Å². The van der Waals surface area contributed by atoms with E-state index >= 15 is 0 Å². The Kier molecular flexibility index (Phi) is 1.92. The van der Waals surface area contributed by atoms with Crippen LogP contribution >= 0.6 is 0 Å². The molecule has 1 aliphatic heterocycles. The van der Waals surface area contributed by atoms with Gasteiger partial charge < -0.3 is 10.8 Å². The Bertz CT molecular complexity index is 141. The molecule has 1 heterocycles. The molecule has 4 nitrogen and oxygen atoms in total. The number of aliphatic carboxylic acids is 1. The highest BCUT2D eigenvalue weighted by atomic mass is 16.4. The van der Waals surface area contributed by atoms with E-state index in [0.29, 0.717) is 13.0 Å². The molecule has 0 aromatic rings. The molecule has 10 heavy (non-hydrogen) atoms. The van der Waals surface area contributed by atoms with Gasteiger partial charge in [0.25, 0.3) is 0 Å². The van der Waals surface area contributed by atoms with Crippen molar-refractivity contribution in [3.05, 3.63) is 0 Å². The quantitative estimate of drug-likeness (QED) is 0.463. The zero-order chi connectivity index (χ0) is 7.61. The molecule has 0 radical (unpaired) electrons. The molecule has 0 aliphatic carbocycles. The number of rotatable bonds is 1. The minimum atomic E-state index is -1.15. The molecule has 0 bridgehead atoms. The van der Waals surface area contributed by atoms with Crippen molar-refractivity contribution in [3.8, 4) is 0 Å². The summed E-state index contributed by atoms with van der Waals surface area (Å²) in [4.78, 5) is 10.5. The predicted octanol–water partition coefficient (Wildman–Crippen LogP) is -0.501. The van der Waals surface area contributed by atoms with Crippen LogP contribution in [0.1, 0.15) is 19.3 Å². The monoisotopic (exact) mass is 144 g/mol. The molecular weight excluding hydrogens is 132 g/mol. The molecule has 0 saturated carbocycles. The lowest BCUT2D eigenvalue weighted by molar-refractivity contribution is -0.145. The largest absolute Gasteiger partial charge is 0.479 e. The Morgan fingerprint density at radius 2 is 2.30 bits per heavy atom. The standard InChI is InChI=1S/C6H12N2O2/c7-6(5(9)10)3-1-2-4-8-6/h8H,1-4,7H2,(H,9,10)/t6-/m0/s1. The van der Waals surface area contributed by atoms with Gasteiger partial charge in [-0.2, -0.15) is 0 Å². The molecule has 58 valence electrons. The summed E-state index contributed by atoms with van der Waals surface area (Å²) in [6.07, 6.45) is 2.45. The van der Waals surface area contributed by atoms with Crippen molar-refractivity contribution >= 4 is 5.97 Å². The van der Waals surface area contributed by atoms with Crippen LogP contribution in [0.2, 0.25) is 0 Å². The molecule has 1 atom stereocenters. The Morgan fingerprint density at radius 3 is 2.60 bits per heavy atom. The van der Waals surface area contributed by atoms with Gasteiger partial charge in [-0.05, 0) is 25.8 Å². The van der Waals surface area contributed by atoms with Gasteiger partial charge in [0, 0.05) is 0 Å². The summed E-state index contributed by atoms with van der Waals surface area (Å²) in [6.45, 7) is 0.711. The van der Waals surface area contributed by atoms with Crippen LogP contribution in [0.4, 0.5) is 0 Å². The minimum Gasteiger partial charge on any atom is -0.479 e. The average molecular weight is 144 g/mol. The second-order valence-electron chi connectivity index (χ2n) is 2.66. The maximum Gasteiger partial charge on any atom is 0.338 e. The second kappa shape index (κ2) is 2.56. The van der Waals surface area contributed by atoms with Crippen LogP contribution in [0, 0.1) is 0 Å². The first-order valence-corrected chi connectivity index (χ1v) is 3.42. The first kappa shape index (κ1) is 7.50. The molecular formula is C6H12N2O2. The van der Waals surface area contributed by atoms with Crippen molar-refractivity contribution < 1.29 is 9.90 Å². The topological polar surface area (TPSA) is 75.4 Å².